The van der Waals surface area contributed by atoms with Crippen LogP contribution in [-0.2, 0) is 0 Å². The molecule has 0 radical (unpaired) electrons. The number of aliphatic hydroxyl groups is 1. The second kappa shape index (κ2) is 9.44. The van der Waals surface area contributed by atoms with Crippen molar-refractivity contribution in [3.63, 3.8) is 0 Å². The number of hydrogen-bond donors (Lipinski definition) is 2. The third-order valence-corrected chi connectivity index (χ3v) is 2.43. The Labute approximate surface area is 88.5 Å². The van der Waals surface area contributed by atoms with Crippen LogP contribution in [0.4, 0.5) is 0 Å². The Morgan fingerprint density at radius 1 is 1.43 bits per heavy atom. The fourth-order valence-electron chi connectivity index (χ4n) is 1.70. The minimum Gasteiger partial charge on any atom is -0.396 e. The first-order chi connectivity index (χ1) is 6.83. The van der Waals surface area contributed by atoms with E-state index in [4.69, 9.17) is 5.11 Å². The van der Waals surface area contributed by atoms with Crippen LogP contribution in [0.2, 0.25) is 0 Å². The van der Waals surface area contributed by atoms with E-state index < -0.39 is 0 Å². The van der Waals surface area contributed by atoms with Crippen molar-refractivity contribution in [3.05, 3.63) is 0 Å². The van der Waals surface area contributed by atoms with Crippen LogP contribution in [0.1, 0.15) is 26.7 Å². The average Bonchev–Trinajstić information content (AvgIpc) is 2.62. The molecule has 14 heavy (non-hydrogen) atoms. The first kappa shape index (κ1) is 13.9. The van der Waals surface area contributed by atoms with Crippen LogP contribution in [0.5, 0.6) is 0 Å². The summed E-state index contributed by atoms with van der Waals surface area (Å²) in [6.45, 7) is 8.84. The molecule has 0 aromatic carbocycles. The van der Waals surface area contributed by atoms with E-state index in [0.717, 1.165) is 25.4 Å². The first-order valence-corrected chi connectivity index (χ1v) is 5.83. The Morgan fingerprint density at radius 3 is 2.64 bits per heavy atom. The Hall–Kier alpha value is -0.120. The van der Waals surface area contributed by atoms with Crippen molar-refractivity contribution >= 4 is 0 Å². The van der Waals surface area contributed by atoms with Gasteiger partial charge in [-0.05, 0) is 45.4 Å². The molecular formula is C11H26N2O. The molecule has 0 spiro atoms. The lowest BCUT2D eigenvalue weighted by molar-refractivity contribution is 0.284. The number of nitrogens with zero attached hydrogens (tertiary/aromatic N) is 1. The molecule has 3 nitrogen and oxygen atoms in total. The van der Waals surface area contributed by atoms with E-state index in [0.29, 0.717) is 6.61 Å². The van der Waals surface area contributed by atoms with E-state index in [2.05, 4.69) is 17.3 Å². The van der Waals surface area contributed by atoms with Gasteiger partial charge < -0.3 is 15.3 Å². The summed E-state index contributed by atoms with van der Waals surface area (Å²) in [5.74, 6) is 0.827. The quantitative estimate of drug-likeness (QED) is 0.651. The van der Waals surface area contributed by atoms with Crippen molar-refractivity contribution < 1.29 is 5.11 Å². The second-order valence-corrected chi connectivity index (χ2v) is 3.70. The number of likely N-dealkylation sites (tertiary alicyclic amines) is 1. The molecule has 1 unspecified atom stereocenters. The van der Waals surface area contributed by atoms with Gasteiger partial charge in [0.25, 0.3) is 0 Å². The highest BCUT2D eigenvalue weighted by molar-refractivity contribution is 4.74. The van der Waals surface area contributed by atoms with Crippen LogP contribution in [-0.4, -0.2) is 49.8 Å². The zero-order valence-corrected chi connectivity index (χ0v) is 9.92. The standard InChI is InChI=1S/C9H20N2O.C2H6/c1-11-5-3-9(8-11)7-10-4-2-6-12;1-2/h9-10,12H,2-8H2,1H3;1-2H3. The van der Waals surface area contributed by atoms with E-state index in [9.17, 15) is 0 Å². The zero-order chi connectivity index (χ0) is 10.8. The number of nitrogens with one attached hydrogen (secondary N) is 1. The van der Waals surface area contributed by atoms with Crippen molar-refractivity contribution in [2.45, 2.75) is 26.7 Å². The highest BCUT2D eigenvalue weighted by Crippen LogP contribution is 2.12. The van der Waals surface area contributed by atoms with Gasteiger partial charge in [0, 0.05) is 13.2 Å². The average molecular weight is 202 g/mol. The lowest BCUT2D eigenvalue weighted by atomic mass is 10.1. The van der Waals surface area contributed by atoms with Crippen LogP contribution in [0, 0.1) is 5.92 Å². The van der Waals surface area contributed by atoms with Crippen LogP contribution in [0.15, 0.2) is 0 Å². The van der Waals surface area contributed by atoms with Crippen molar-refractivity contribution in [1.82, 2.24) is 10.2 Å². The molecule has 1 heterocycles. The van der Waals surface area contributed by atoms with E-state index in [1.165, 1.54) is 19.5 Å². The fraction of sp³-hybridized carbons (Fsp3) is 1.00. The molecule has 0 aromatic rings. The van der Waals surface area contributed by atoms with Crippen LogP contribution in [0.25, 0.3) is 0 Å². The maximum absolute atomic E-state index is 8.55. The predicted molar refractivity (Wildman–Crippen MR) is 61.5 cm³/mol. The van der Waals surface area contributed by atoms with Crippen molar-refractivity contribution in [3.8, 4) is 0 Å². The van der Waals surface area contributed by atoms with Gasteiger partial charge in [0.15, 0.2) is 0 Å². The molecule has 1 atom stereocenters. The molecule has 1 fully saturated rings. The Balaban J connectivity index is 0.000000791. The van der Waals surface area contributed by atoms with Gasteiger partial charge in [0.05, 0.1) is 0 Å². The summed E-state index contributed by atoms with van der Waals surface area (Å²) in [6.07, 6.45) is 2.20. The molecule has 2 N–H and O–H groups in total. The van der Waals surface area contributed by atoms with E-state index >= 15 is 0 Å². The topological polar surface area (TPSA) is 35.5 Å². The van der Waals surface area contributed by atoms with Gasteiger partial charge in [-0.25, -0.2) is 0 Å². The molecule has 0 aromatic heterocycles. The Morgan fingerprint density at radius 2 is 2.14 bits per heavy atom. The Bertz CT molecular complexity index is 120. The molecule has 0 saturated carbocycles. The van der Waals surface area contributed by atoms with Gasteiger partial charge in [-0.15, -0.1) is 0 Å². The molecule has 1 saturated heterocycles. The van der Waals surface area contributed by atoms with E-state index in [-0.39, 0.29) is 0 Å². The molecule has 1 aliphatic rings. The molecule has 1 aliphatic heterocycles. The maximum atomic E-state index is 8.55. The monoisotopic (exact) mass is 202 g/mol. The second-order valence-electron chi connectivity index (χ2n) is 3.70. The SMILES string of the molecule is CC.CN1CCC(CNCCCO)C1. The fourth-order valence-corrected chi connectivity index (χ4v) is 1.70. The molecule has 1 rings (SSSR count). The minimum atomic E-state index is 0.303. The summed E-state index contributed by atoms with van der Waals surface area (Å²) in [5, 5.41) is 11.9. The normalized spacial score (nSPS) is 21.9. The molecular weight excluding hydrogens is 176 g/mol. The third-order valence-electron chi connectivity index (χ3n) is 2.43. The summed E-state index contributed by atoms with van der Waals surface area (Å²) < 4.78 is 0. The first-order valence-electron chi connectivity index (χ1n) is 5.83. The van der Waals surface area contributed by atoms with E-state index in [1.807, 2.05) is 13.8 Å². The van der Waals surface area contributed by atoms with Crippen molar-refractivity contribution in [1.29, 1.82) is 0 Å². The van der Waals surface area contributed by atoms with Gasteiger partial charge >= 0.3 is 0 Å². The largest absolute Gasteiger partial charge is 0.396 e. The van der Waals surface area contributed by atoms with Crippen molar-refractivity contribution in [2.24, 2.45) is 5.92 Å². The highest BCUT2D eigenvalue weighted by atomic mass is 16.3. The third kappa shape index (κ3) is 6.35. The van der Waals surface area contributed by atoms with Crippen LogP contribution in [0.3, 0.4) is 0 Å². The molecule has 0 amide bonds. The van der Waals surface area contributed by atoms with Crippen molar-refractivity contribution in [2.75, 3.05) is 39.8 Å². The van der Waals surface area contributed by atoms with Gasteiger partial charge in [0.1, 0.15) is 0 Å². The van der Waals surface area contributed by atoms with Crippen LogP contribution < -0.4 is 5.32 Å². The van der Waals surface area contributed by atoms with Gasteiger partial charge in [-0.1, -0.05) is 13.8 Å². The summed E-state index contributed by atoms with van der Waals surface area (Å²) >= 11 is 0. The number of aliphatic hydroxyl groups excluding tert-OH is 1. The molecule has 0 aliphatic carbocycles. The summed E-state index contributed by atoms with van der Waals surface area (Å²) in [7, 11) is 2.17. The van der Waals surface area contributed by atoms with Crippen LogP contribution >= 0.6 is 0 Å². The zero-order valence-electron chi connectivity index (χ0n) is 9.92. The summed E-state index contributed by atoms with van der Waals surface area (Å²) in [4.78, 5) is 2.37. The van der Waals surface area contributed by atoms with Gasteiger partial charge in [-0.3, -0.25) is 0 Å². The van der Waals surface area contributed by atoms with Gasteiger partial charge in [0.2, 0.25) is 0 Å². The minimum absolute atomic E-state index is 0.303. The predicted octanol–water partition coefficient (Wildman–Crippen LogP) is 0.936. The Kier molecular flexibility index (Phi) is 9.35. The lowest BCUT2D eigenvalue weighted by Crippen LogP contribution is -2.26. The lowest BCUT2D eigenvalue weighted by Gasteiger charge is -2.10. The number of hydrogen-bond acceptors (Lipinski definition) is 3. The molecule has 86 valence electrons. The summed E-state index contributed by atoms with van der Waals surface area (Å²) in [6, 6.07) is 0. The van der Waals surface area contributed by atoms with E-state index in [1.54, 1.807) is 0 Å². The molecule has 3 heteroatoms. The van der Waals surface area contributed by atoms with Gasteiger partial charge in [-0.2, -0.15) is 0 Å². The molecule has 0 bridgehead atoms. The highest BCUT2D eigenvalue weighted by Gasteiger charge is 2.18. The maximum Gasteiger partial charge on any atom is 0.0443 e. The number of rotatable bonds is 5. The smallest absolute Gasteiger partial charge is 0.0443 e. The summed E-state index contributed by atoms with van der Waals surface area (Å²) in [5.41, 5.74) is 0.